The van der Waals surface area contributed by atoms with E-state index in [0.29, 0.717) is 6.42 Å². The maximum absolute atomic E-state index is 8.17. The van der Waals surface area contributed by atoms with Crippen molar-refractivity contribution in [2.45, 2.75) is 39.0 Å². The van der Waals surface area contributed by atoms with Crippen molar-refractivity contribution in [1.82, 2.24) is 0 Å². The second kappa shape index (κ2) is 9.16. The van der Waals surface area contributed by atoms with Gasteiger partial charge in [0.05, 0.1) is 12.5 Å². The molecule has 0 amide bonds. The molecule has 0 N–H and O–H groups in total. The quantitative estimate of drug-likeness (QED) is 0.425. The van der Waals surface area contributed by atoms with Crippen LogP contribution < -0.4 is 0 Å². The Morgan fingerprint density at radius 2 is 2.18 bits per heavy atom. The van der Waals surface area contributed by atoms with Gasteiger partial charge in [0.25, 0.3) is 0 Å². The van der Waals surface area contributed by atoms with E-state index in [2.05, 4.69) is 11.9 Å². The molecule has 0 aliphatic carbocycles. The standard InChI is InChI=1S/C9H16N2/c1-2-3-4-5-8-11-9-6-7-10/h9H,2-6,8H2,1H3. The van der Waals surface area contributed by atoms with Crippen LogP contribution in [0.25, 0.3) is 0 Å². The number of aliphatic imine (C=N–C) groups is 1. The van der Waals surface area contributed by atoms with Gasteiger partial charge in [-0.05, 0) is 6.42 Å². The van der Waals surface area contributed by atoms with Gasteiger partial charge in [-0.3, -0.25) is 4.99 Å². The van der Waals surface area contributed by atoms with E-state index < -0.39 is 0 Å². The Hall–Kier alpha value is -0.840. The fourth-order valence-corrected chi connectivity index (χ4v) is 0.827. The third kappa shape index (κ3) is 9.16. The maximum Gasteiger partial charge on any atom is 0.0700 e. The van der Waals surface area contributed by atoms with Crippen LogP contribution in [0.15, 0.2) is 4.99 Å². The Bertz CT molecular complexity index is 133. The Labute approximate surface area is 68.9 Å². The number of nitrogens with zero attached hydrogens (tertiary/aromatic N) is 2. The summed E-state index contributed by atoms with van der Waals surface area (Å²) in [6, 6.07) is 2.02. The summed E-state index contributed by atoms with van der Waals surface area (Å²) in [5, 5.41) is 8.17. The summed E-state index contributed by atoms with van der Waals surface area (Å²) in [6.45, 7) is 3.08. The van der Waals surface area contributed by atoms with E-state index in [1.54, 1.807) is 6.21 Å². The SMILES string of the molecule is CCCCCCN=CCC#N. The fourth-order valence-electron chi connectivity index (χ4n) is 0.827. The lowest BCUT2D eigenvalue weighted by atomic mass is 10.2. The summed E-state index contributed by atoms with van der Waals surface area (Å²) in [5.74, 6) is 0. The molecule has 0 bridgehead atoms. The number of rotatable bonds is 6. The van der Waals surface area contributed by atoms with Crippen LogP contribution in [0.4, 0.5) is 0 Å². The Morgan fingerprint density at radius 1 is 1.36 bits per heavy atom. The Kier molecular flexibility index (Phi) is 8.46. The van der Waals surface area contributed by atoms with Crippen LogP contribution in [-0.2, 0) is 0 Å². The van der Waals surface area contributed by atoms with Crippen molar-refractivity contribution in [2.75, 3.05) is 6.54 Å². The highest BCUT2D eigenvalue weighted by molar-refractivity contribution is 5.59. The topological polar surface area (TPSA) is 36.1 Å². The van der Waals surface area contributed by atoms with E-state index in [0.717, 1.165) is 13.0 Å². The third-order valence-electron chi connectivity index (χ3n) is 1.45. The molecule has 0 heterocycles. The summed E-state index contributed by atoms with van der Waals surface area (Å²) in [7, 11) is 0. The van der Waals surface area contributed by atoms with E-state index in [9.17, 15) is 0 Å². The summed E-state index contributed by atoms with van der Waals surface area (Å²) in [6.07, 6.45) is 7.14. The van der Waals surface area contributed by atoms with Crippen molar-refractivity contribution in [3.05, 3.63) is 0 Å². The molecule has 2 heteroatoms. The van der Waals surface area contributed by atoms with Crippen LogP contribution in [0.2, 0.25) is 0 Å². The van der Waals surface area contributed by atoms with E-state index in [4.69, 9.17) is 5.26 Å². The predicted molar refractivity (Wildman–Crippen MR) is 47.7 cm³/mol. The fraction of sp³-hybridized carbons (Fsp3) is 0.778. The molecule has 0 spiro atoms. The lowest BCUT2D eigenvalue weighted by Gasteiger charge is -1.92. The maximum atomic E-state index is 8.17. The first-order valence-electron chi connectivity index (χ1n) is 4.27. The predicted octanol–water partition coefficient (Wildman–Crippen LogP) is 2.55. The van der Waals surface area contributed by atoms with E-state index >= 15 is 0 Å². The van der Waals surface area contributed by atoms with Crippen molar-refractivity contribution >= 4 is 6.21 Å². The molecule has 0 radical (unpaired) electrons. The molecule has 0 aromatic heterocycles. The molecular formula is C9H16N2. The van der Waals surface area contributed by atoms with Crippen molar-refractivity contribution in [3.63, 3.8) is 0 Å². The van der Waals surface area contributed by atoms with E-state index in [-0.39, 0.29) is 0 Å². The molecule has 0 fully saturated rings. The monoisotopic (exact) mass is 152 g/mol. The van der Waals surface area contributed by atoms with E-state index in [1.807, 2.05) is 6.07 Å². The number of nitriles is 1. The van der Waals surface area contributed by atoms with Crippen LogP contribution >= 0.6 is 0 Å². The van der Waals surface area contributed by atoms with Gasteiger partial charge in [-0.2, -0.15) is 5.26 Å². The molecule has 2 nitrogen and oxygen atoms in total. The lowest BCUT2D eigenvalue weighted by molar-refractivity contribution is 0.675. The highest BCUT2D eigenvalue weighted by Gasteiger charge is 1.83. The van der Waals surface area contributed by atoms with Gasteiger partial charge in [-0.1, -0.05) is 26.2 Å². The average molecular weight is 152 g/mol. The summed E-state index contributed by atoms with van der Waals surface area (Å²) in [5.41, 5.74) is 0. The molecule has 0 aromatic rings. The second-order valence-corrected chi connectivity index (χ2v) is 2.51. The van der Waals surface area contributed by atoms with Gasteiger partial charge in [0.1, 0.15) is 0 Å². The van der Waals surface area contributed by atoms with Crippen LogP contribution in [0.1, 0.15) is 39.0 Å². The van der Waals surface area contributed by atoms with Crippen LogP contribution in [0.5, 0.6) is 0 Å². The minimum Gasteiger partial charge on any atom is -0.296 e. The highest BCUT2D eigenvalue weighted by atomic mass is 14.7. The number of unbranched alkanes of at least 4 members (excludes halogenated alkanes) is 3. The lowest BCUT2D eigenvalue weighted by Crippen LogP contribution is -1.82. The first-order chi connectivity index (χ1) is 5.41. The van der Waals surface area contributed by atoms with Gasteiger partial charge >= 0.3 is 0 Å². The van der Waals surface area contributed by atoms with Crippen molar-refractivity contribution in [2.24, 2.45) is 4.99 Å². The molecule has 0 aromatic carbocycles. The number of hydrogen-bond acceptors (Lipinski definition) is 2. The first kappa shape index (κ1) is 10.2. The van der Waals surface area contributed by atoms with Gasteiger partial charge in [0.2, 0.25) is 0 Å². The van der Waals surface area contributed by atoms with Gasteiger partial charge in [0.15, 0.2) is 0 Å². The smallest absolute Gasteiger partial charge is 0.0700 e. The zero-order valence-electron chi connectivity index (χ0n) is 7.21. The van der Waals surface area contributed by atoms with Crippen LogP contribution in [0, 0.1) is 11.3 Å². The molecule has 0 rings (SSSR count). The zero-order chi connectivity index (χ0) is 8.36. The minimum absolute atomic E-state index is 0.452. The Morgan fingerprint density at radius 3 is 2.82 bits per heavy atom. The number of hydrogen-bond donors (Lipinski definition) is 0. The minimum atomic E-state index is 0.452. The van der Waals surface area contributed by atoms with Crippen molar-refractivity contribution in [1.29, 1.82) is 5.26 Å². The van der Waals surface area contributed by atoms with Crippen LogP contribution in [0.3, 0.4) is 0 Å². The second-order valence-electron chi connectivity index (χ2n) is 2.51. The largest absolute Gasteiger partial charge is 0.296 e. The molecule has 11 heavy (non-hydrogen) atoms. The third-order valence-corrected chi connectivity index (χ3v) is 1.45. The van der Waals surface area contributed by atoms with Crippen molar-refractivity contribution < 1.29 is 0 Å². The summed E-state index contributed by atoms with van der Waals surface area (Å²) in [4.78, 5) is 4.09. The Balaban J connectivity index is 2.96. The summed E-state index contributed by atoms with van der Waals surface area (Å²) < 4.78 is 0. The molecule has 0 saturated heterocycles. The van der Waals surface area contributed by atoms with Gasteiger partial charge < -0.3 is 0 Å². The molecule has 0 unspecified atom stereocenters. The molecule has 0 aliphatic rings. The van der Waals surface area contributed by atoms with Crippen LogP contribution in [-0.4, -0.2) is 12.8 Å². The molecule has 0 atom stereocenters. The first-order valence-corrected chi connectivity index (χ1v) is 4.27. The van der Waals surface area contributed by atoms with Crippen molar-refractivity contribution in [3.8, 4) is 6.07 Å². The van der Waals surface area contributed by atoms with Gasteiger partial charge in [-0.15, -0.1) is 0 Å². The van der Waals surface area contributed by atoms with Gasteiger partial charge in [-0.25, -0.2) is 0 Å². The summed E-state index contributed by atoms with van der Waals surface area (Å²) >= 11 is 0. The highest BCUT2D eigenvalue weighted by Crippen LogP contribution is 1.97. The zero-order valence-corrected chi connectivity index (χ0v) is 7.21. The normalized spacial score (nSPS) is 10.2. The van der Waals surface area contributed by atoms with E-state index in [1.165, 1.54) is 19.3 Å². The molecule has 0 saturated carbocycles. The molecular weight excluding hydrogens is 136 g/mol. The molecule has 62 valence electrons. The molecule has 0 aliphatic heterocycles. The average Bonchev–Trinajstić information content (AvgIpc) is 2.03. The van der Waals surface area contributed by atoms with Gasteiger partial charge in [0, 0.05) is 12.8 Å².